The molecule has 1 saturated heterocycles. The summed E-state index contributed by atoms with van der Waals surface area (Å²) < 4.78 is 0. The van der Waals surface area contributed by atoms with Gasteiger partial charge in [-0.25, -0.2) is 0 Å². The summed E-state index contributed by atoms with van der Waals surface area (Å²) in [5.74, 6) is 1.56. The van der Waals surface area contributed by atoms with E-state index in [2.05, 4.69) is 61.3 Å². The van der Waals surface area contributed by atoms with E-state index in [-0.39, 0.29) is 5.54 Å². The van der Waals surface area contributed by atoms with Crippen LogP contribution in [0.4, 0.5) is 0 Å². The van der Waals surface area contributed by atoms with Crippen LogP contribution >= 0.6 is 0 Å². The molecule has 3 unspecified atom stereocenters. The van der Waals surface area contributed by atoms with Crippen molar-refractivity contribution in [3.05, 3.63) is 35.9 Å². The first-order valence-corrected chi connectivity index (χ1v) is 8.68. The Morgan fingerprint density at radius 1 is 1.19 bits per heavy atom. The molecule has 0 aromatic heterocycles. The molecule has 0 amide bonds. The highest BCUT2D eigenvalue weighted by atomic mass is 15.2. The van der Waals surface area contributed by atoms with Crippen LogP contribution in [0.15, 0.2) is 30.3 Å². The maximum absolute atomic E-state index is 3.82. The highest BCUT2D eigenvalue weighted by molar-refractivity contribution is 5.27. The summed E-state index contributed by atoms with van der Waals surface area (Å²) in [7, 11) is 0. The molecular formula is C19H30N2. The Bertz CT molecular complexity index is 448. The van der Waals surface area contributed by atoms with Gasteiger partial charge in [-0.05, 0) is 70.1 Å². The van der Waals surface area contributed by atoms with Crippen molar-refractivity contribution in [2.45, 2.75) is 57.5 Å². The van der Waals surface area contributed by atoms with E-state index in [0.717, 1.165) is 18.4 Å². The van der Waals surface area contributed by atoms with Crippen LogP contribution in [-0.2, 0) is 0 Å². The molecule has 2 fully saturated rings. The zero-order chi connectivity index (χ0) is 14.9. The third-order valence-corrected chi connectivity index (χ3v) is 5.60. The Labute approximate surface area is 129 Å². The summed E-state index contributed by atoms with van der Waals surface area (Å²) >= 11 is 0. The van der Waals surface area contributed by atoms with E-state index in [0.29, 0.717) is 6.04 Å². The van der Waals surface area contributed by atoms with E-state index in [1.807, 2.05) is 0 Å². The lowest BCUT2D eigenvalue weighted by Crippen LogP contribution is -2.58. The van der Waals surface area contributed by atoms with Gasteiger partial charge in [0.05, 0.1) is 0 Å². The number of nitrogens with zero attached hydrogens (tertiary/aromatic N) is 1. The highest BCUT2D eigenvalue weighted by Crippen LogP contribution is 2.52. The van der Waals surface area contributed by atoms with Crippen LogP contribution in [0.1, 0.15) is 51.5 Å². The van der Waals surface area contributed by atoms with Crippen LogP contribution in [0.25, 0.3) is 0 Å². The second-order valence-electron chi connectivity index (χ2n) is 7.30. The molecule has 1 aliphatic carbocycles. The molecule has 2 heteroatoms. The Kier molecular flexibility index (Phi) is 4.37. The molecule has 116 valence electrons. The summed E-state index contributed by atoms with van der Waals surface area (Å²) in [6.45, 7) is 10.8. The molecule has 3 atom stereocenters. The Morgan fingerprint density at radius 3 is 2.48 bits per heavy atom. The molecular weight excluding hydrogens is 256 g/mol. The van der Waals surface area contributed by atoms with Gasteiger partial charge in [0.1, 0.15) is 0 Å². The molecule has 1 aliphatic heterocycles. The minimum atomic E-state index is 0.265. The van der Waals surface area contributed by atoms with Gasteiger partial charge >= 0.3 is 0 Å². The van der Waals surface area contributed by atoms with Crippen LogP contribution in [0, 0.1) is 5.92 Å². The summed E-state index contributed by atoms with van der Waals surface area (Å²) in [5, 5.41) is 3.82. The van der Waals surface area contributed by atoms with Crippen LogP contribution in [0.2, 0.25) is 0 Å². The van der Waals surface area contributed by atoms with E-state index < -0.39 is 0 Å². The molecule has 1 aromatic carbocycles. The maximum atomic E-state index is 3.82. The minimum Gasteiger partial charge on any atom is -0.312 e. The quantitative estimate of drug-likeness (QED) is 0.859. The maximum Gasteiger partial charge on any atom is 0.0309 e. The number of nitrogens with one attached hydrogen (secondary N) is 1. The average Bonchev–Trinajstić information content (AvgIpc) is 3.06. The Hall–Kier alpha value is -0.860. The van der Waals surface area contributed by atoms with Gasteiger partial charge in [-0.15, -0.1) is 0 Å². The van der Waals surface area contributed by atoms with Crippen LogP contribution in [0.3, 0.4) is 0 Å². The monoisotopic (exact) mass is 286 g/mol. The number of hydrogen-bond donors (Lipinski definition) is 1. The standard InChI is InChI=1S/C19H30N2/c1-4-20-18(19(2,3)21-12-8-9-13-21)17-14-16(17)15-10-6-5-7-11-15/h5-7,10-11,16-18,20H,4,8-9,12-14H2,1-3H3. The molecule has 1 aromatic rings. The molecule has 3 rings (SSSR count). The predicted octanol–water partition coefficient (Wildman–Crippen LogP) is 3.64. The van der Waals surface area contributed by atoms with Gasteiger partial charge in [-0.3, -0.25) is 4.90 Å². The van der Waals surface area contributed by atoms with E-state index in [1.165, 1.54) is 37.9 Å². The number of hydrogen-bond acceptors (Lipinski definition) is 2. The summed E-state index contributed by atoms with van der Waals surface area (Å²) in [6.07, 6.45) is 4.09. The molecule has 2 nitrogen and oxygen atoms in total. The van der Waals surface area contributed by atoms with E-state index in [1.54, 1.807) is 0 Å². The van der Waals surface area contributed by atoms with Crippen molar-refractivity contribution in [1.29, 1.82) is 0 Å². The number of rotatable bonds is 6. The van der Waals surface area contributed by atoms with E-state index >= 15 is 0 Å². The minimum absolute atomic E-state index is 0.265. The first-order valence-electron chi connectivity index (χ1n) is 8.68. The summed E-state index contributed by atoms with van der Waals surface area (Å²) in [4.78, 5) is 2.71. The highest BCUT2D eigenvalue weighted by Gasteiger charge is 2.50. The SMILES string of the molecule is CCNC(C1CC1c1ccccc1)C(C)(C)N1CCCC1. The van der Waals surface area contributed by atoms with Crippen LogP contribution in [-0.4, -0.2) is 36.1 Å². The molecule has 1 saturated carbocycles. The van der Waals surface area contributed by atoms with Gasteiger partial charge in [-0.2, -0.15) is 0 Å². The van der Waals surface area contributed by atoms with Gasteiger partial charge < -0.3 is 5.32 Å². The number of likely N-dealkylation sites (N-methyl/N-ethyl adjacent to an activating group) is 1. The zero-order valence-corrected chi connectivity index (χ0v) is 13.8. The fraction of sp³-hybridized carbons (Fsp3) is 0.684. The van der Waals surface area contributed by atoms with E-state index in [9.17, 15) is 0 Å². The van der Waals surface area contributed by atoms with Crippen molar-refractivity contribution in [3.63, 3.8) is 0 Å². The van der Waals surface area contributed by atoms with Gasteiger partial charge in [0, 0.05) is 11.6 Å². The van der Waals surface area contributed by atoms with Gasteiger partial charge in [0.2, 0.25) is 0 Å². The summed E-state index contributed by atoms with van der Waals surface area (Å²) in [5.41, 5.74) is 1.79. The van der Waals surface area contributed by atoms with Crippen LogP contribution in [0.5, 0.6) is 0 Å². The first-order chi connectivity index (χ1) is 10.1. The van der Waals surface area contributed by atoms with Gasteiger partial charge in [-0.1, -0.05) is 37.3 Å². The van der Waals surface area contributed by atoms with Crippen LogP contribution < -0.4 is 5.32 Å². The molecule has 0 bridgehead atoms. The second kappa shape index (κ2) is 6.10. The average molecular weight is 286 g/mol. The lowest BCUT2D eigenvalue weighted by atomic mass is 9.87. The van der Waals surface area contributed by atoms with E-state index in [4.69, 9.17) is 0 Å². The molecule has 1 heterocycles. The third-order valence-electron chi connectivity index (χ3n) is 5.60. The van der Waals surface area contributed by atoms with Crippen molar-refractivity contribution >= 4 is 0 Å². The lowest BCUT2D eigenvalue weighted by Gasteiger charge is -2.43. The van der Waals surface area contributed by atoms with Gasteiger partial charge in [0.15, 0.2) is 0 Å². The van der Waals surface area contributed by atoms with Crippen molar-refractivity contribution in [2.24, 2.45) is 5.92 Å². The fourth-order valence-corrected chi connectivity index (χ4v) is 4.30. The van der Waals surface area contributed by atoms with Crippen molar-refractivity contribution in [1.82, 2.24) is 10.2 Å². The first kappa shape index (κ1) is 15.1. The fourth-order valence-electron chi connectivity index (χ4n) is 4.30. The molecule has 21 heavy (non-hydrogen) atoms. The molecule has 0 spiro atoms. The number of likely N-dealkylation sites (tertiary alicyclic amines) is 1. The Morgan fingerprint density at radius 2 is 1.86 bits per heavy atom. The van der Waals surface area contributed by atoms with Crippen molar-refractivity contribution < 1.29 is 0 Å². The molecule has 2 aliphatic rings. The van der Waals surface area contributed by atoms with Crippen molar-refractivity contribution in [2.75, 3.05) is 19.6 Å². The normalized spacial score (nSPS) is 27.8. The number of benzene rings is 1. The zero-order valence-electron chi connectivity index (χ0n) is 13.8. The summed E-state index contributed by atoms with van der Waals surface area (Å²) in [6, 6.07) is 11.7. The Balaban J connectivity index is 1.73. The topological polar surface area (TPSA) is 15.3 Å². The third kappa shape index (κ3) is 3.02. The second-order valence-corrected chi connectivity index (χ2v) is 7.30. The smallest absolute Gasteiger partial charge is 0.0309 e. The van der Waals surface area contributed by atoms with Crippen molar-refractivity contribution in [3.8, 4) is 0 Å². The lowest BCUT2D eigenvalue weighted by molar-refractivity contribution is 0.0962. The van der Waals surface area contributed by atoms with Gasteiger partial charge in [0.25, 0.3) is 0 Å². The predicted molar refractivity (Wildman–Crippen MR) is 89.6 cm³/mol. The molecule has 1 N–H and O–H groups in total. The molecule has 0 radical (unpaired) electrons. The largest absolute Gasteiger partial charge is 0.312 e.